The summed E-state index contributed by atoms with van der Waals surface area (Å²) in [5.41, 5.74) is 6.53. The molecule has 2 N–H and O–H groups in total. The molecule has 3 heteroatoms. The molecule has 1 aromatic rings. The van der Waals surface area contributed by atoms with E-state index in [4.69, 9.17) is 15.2 Å². The molecule has 0 bridgehead atoms. The lowest BCUT2D eigenvalue weighted by Gasteiger charge is -2.11. The maximum atomic E-state index is 5.76. The summed E-state index contributed by atoms with van der Waals surface area (Å²) in [6, 6.07) is 8.01. The van der Waals surface area contributed by atoms with E-state index >= 15 is 0 Å². The van der Waals surface area contributed by atoms with Crippen LogP contribution < -0.4 is 10.5 Å². The number of hydrogen-bond acceptors (Lipinski definition) is 3. The van der Waals surface area contributed by atoms with Crippen molar-refractivity contribution < 1.29 is 9.47 Å². The molecular weight excluding hydrogens is 202 g/mol. The van der Waals surface area contributed by atoms with Gasteiger partial charge in [0.2, 0.25) is 0 Å². The van der Waals surface area contributed by atoms with Crippen LogP contribution in [0.1, 0.15) is 12.0 Å². The van der Waals surface area contributed by atoms with E-state index in [9.17, 15) is 0 Å². The Bertz CT molecular complexity index is 339. The Morgan fingerprint density at radius 2 is 2.19 bits per heavy atom. The van der Waals surface area contributed by atoms with Crippen molar-refractivity contribution in [2.45, 2.75) is 12.5 Å². The van der Waals surface area contributed by atoms with Crippen molar-refractivity contribution in [1.29, 1.82) is 0 Å². The van der Waals surface area contributed by atoms with Crippen LogP contribution in [0.2, 0.25) is 0 Å². The van der Waals surface area contributed by atoms with Crippen LogP contribution in [-0.4, -0.2) is 25.9 Å². The first kappa shape index (κ1) is 11.2. The molecule has 0 saturated carbocycles. The molecule has 1 saturated heterocycles. The second-order valence-corrected chi connectivity index (χ2v) is 3.81. The van der Waals surface area contributed by atoms with Crippen LogP contribution in [-0.2, 0) is 4.74 Å². The van der Waals surface area contributed by atoms with Gasteiger partial charge in [0.25, 0.3) is 0 Å². The fraction of sp³-hybridized carbons (Fsp3) is 0.385. The van der Waals surface area contributed by atoms with Crippen LogP contribution in [0.25, 0.3) is 6.08 Å². The molecular formula is C13H17NO2. The summed E-state index contributed by atoms with van der Waals surface area (Å²) in [5, 5.41) is 0. The molecule has 1 aliphatic rings. The standard InChI is InChI=1S/C13H17NO2/c14-8-1-2-11-3-5-12(6-4-11)16-13-7-9-15-10-13/h1-6,13H,7-10,14H2/b2-1+. The minimum atomic E-state index is 0.213. The fourth-order valence-corrected chi connectivity index (χ4v) is 1.66. The topological polar surface area (TPSA) is 44.5 Å². The molecule has 1 unspecified atom stereocenters. The lowest BCUT2D eigenvalue weighted by atomic mass is 10.2. The lowest BCUT2D eigenvalue weighted by Crippen LogP contribution is -2.15. The van der Waals surface area contributed by atoms with Crippen molar-refractivity contribution in [2.75, 3.05) is 19.8 Å². The fourth-order valence-electron chi connectivity index (χ4n) is 1.66. The van der Waals surface area contributed by atoms with E-state index in [2.05, 4.69) is 0 Å². The average molecular weight is 219 g/mol. The first-order valence-corrected chi connectivity index (χ1v) is 5.59. The molecule has 2 rings (SSSR count). The van der Waals surface area contributed by atoms with Crippen LogP contribution in [0.5, 0.6) is 5.75 Å². The number of benzene rings is 1. The molecule has 0 radical (unpaired) electrons. The molecule has 1 heterocycles. The van der Waals surface area contributed by atoms with Gasteiger partial charge in [-0.3, -0.25) is 0 Å². The Morgan fingerprint density at radius 3 is 2.81 bits per heavy atom. The van der Waals surface area contributed by atoms with Gasteiger partial charge in [-0.1, -0.05) is 24.3 Å². The van der Waals surface area contributed by atoms with Crippen LogP contribution in [0.3, 0.4) is 0 Å². The SMILES string of the molecule is NC/C=C/c1ccc(OC2CCOC2)cc1. The van der Waals surface area contributed by atoms with Crippen LogP contribution in [0.4, 0.5) is 0 Å². The molecule has 0 aromatic heterocycles. The largest absolute Gasteiger partial charge is 0.488 e. The van der Waals surface area contributed by atoms with E-state index in [1.807, 2.05) is 36.4 Å². The Balaban J connectivity index is 1.93. The zero-order chi connectivity index (χ0) is 11.2. The highest BCUT2D eigenvalue weighted by Gasteiger charge is 2.16. The van der Waals surface area contributed by atoms with Crippen molar-refractivity contribution in [3.63, 3.8) is 0 Å². The van der Waals surface area contributed by atoms with Crippen molar-refractivity contribution in [2.24, 2.45) is 5.73 Å². The predicted octanol–water partition coefficient (Wildman–Crippen LogP) is 1.83. The average Bonchev–Trinajstić information content (AvgIpc) is 2.81. The third-order valence-electron chi connectivity index (χ3n) is 2.52. The van der Waals surface area contributed by atoms with E-state index < -0.39 is 0 Å². The molecule has 1 aliphatic heterocycles. The summed E-state index contributed by atoms with van der Waals surface area (Å²) < 4.78 is 11.0. The van der Waals surface area contributed by atoms with Gasteiger partial charge < -0.3 is 15.2 Å². The van der Waals surface area contributed by atoms with E-state index in [0.29, 0.717) is 13.2 Å². The van der Waals surface area contributed by atoms with Crippen molar-refractivity contribution in [1.82, 2.24) is 0 Å². The number of rotatable bonds is 4. The van der Waals surface area contributed by atoms with E-state index in [-0.39, 0.29) is 6.10 Å². The second-order valence-electron chi connectivity index (χ2n) is 3.81. The lowest BCUT2D eigenvalue weighted by molar-refractivity contribution is 0.141. The van der Waals surface area contributed by atoms with Gasteiger partial charge in [0, 0.05) is 13.0 Å². The minimum Gasteiger partial charge on any atom is -0.488 e. The molecule has 1 atom stereocenters. The minimum absolute atomic E-state index is 0.213. The van der Waals surface area contributed by atoms with E-state index in [1.165, 1.54) is 0 Å². The molecule has 86 valence electrons. The highest BCUT2D eigenvalue weighted by atomic mass is 16.5. The molecule has 3 nitrogen and oxygen atoms in total. The third kappa shape index (κ3) is 3.08. The van der Waals surface area contributed by atoms with Crippen molar-refractivity contribution in [3.8, 4) is 5.75 Å². The smallest absolute Gasteiger partial charge is 0.124 e. The first-order chi connectivity index (χ1) is 7.88. The van der Waals surface area contributed by atoms with Gasteiger partial charge >= 0.3 is 0 Å². The Labute approximate surface area is 95.9 Å². The Hall–Kier alpha value is -1.32. The Kier molecular flexibility index (Phi) is 3.97. The molecule has 0 amide bonds. The molecule has 1 aromatic carbocycles. The zero-order valence-corrected chi connectivity index (χ0v) is 9.26. The van der Waals surface area contributed by atoms with Gasteiger partial charge in [-0.25, -0.2) is 0 Å². The van der Waals surface area contributed by atoms with Crippen molar-refractivity contribution >= 4 is 6.08 Å². The van der Waals surface area contributed by atoms with Crippen molar-refractivity contribution in [3.05, 3.63) is 35.9 Å². The maximum absolute atomic E-state index is 5.76. The van der Waals surface area contributed by atoms with Gasteiger partial charge in [-0.2, -0.15) is 0 Å². The highest BCUT2D eigenvalue weighted by molar-refractivity contribution is 5.50. The quantitative estimate of drug-likeness (QED) is 0.840. The molecule has 1 fully saturated rings. The summed E-state index contributed by atoms with van der Waals surface area (Å²) in [6.07, 6.45) is 5.13. The first-order valence-electron chi connectivity index (χ1n) is 5.59. The van der Waals surface area contributed by atoms with E-state index in [1.54, 1.807) is 0 Å². The summed E-state index contributed by atoms with van der Waals surface area (Å²) in [5.74, 6) is 0.903. The van der Waals surface area contributed by atoms with Gasteiger partial charge in [-0.15, -0.1) is 0 Å². The number of nitrogens with two attached hydrogens (primary N) is 1. The second kappa shape index (κ2) is 5.68. The highest BCUT2D eigenvalue weighted by Crippen LogP contribution is 2.17. The summed E-state index contributed by atoms with van der Waals surface area (Å²) in [7, 11) is 0. The Morgan fingerprint density at radius 1 is 1.38 bits per heavy atom. The van der Waals surface area contributed by atoms with Gasteiger partial charge in [-0.05, 0) is 17.7 Å². The van der Waals surface area contributed by atoms with Gasteiger partial charge in [0.1, 0.15) is 11.9 Å². The van der Waals surface area contributed by atoms with Crippen LogP contribution in [0.15, 0.2) is 30.3 Å². The molecule has 16 heavy (non-hydrogen) atoms. The summed E-state index contributed by atoms with van der Waals surface area (Å²) in [6.45, 7) is 2.08. The monoisotopic (exact) mass is 219 g/mol. The third-order valence-corrected chi connectivity index (χ3v) is 2.52. The molecule has 0 aliphatic carbocycles. The van der Waals surface area contributed by atoms with Gasteiger partial charge in [0.05, 0.1) is 13.2 Å². The number of hydrogen-bond donors (Lipinski definition) is 1. The van der Waals surface area contributed by atoms with Gasteiger partial charge in [0.15, 0.2) is 0 Å². The van der Waals surface area contributed by atoms with E-state index in [0.717, 1.165) is 24.3 Å². The summed E-state index contributed by atoms with van der Waals surface area (Å²) >= 11 is 0. The predicted molar refractivity (Wildman–Crippen MR) is 64.4 cm³/mol. The van der Waals surface area contributed by atoms with Crippen LogP contribution >= 0.6 is 0 Å². The summed E-state index contributed by atoms with van der Waals surface area (Å²) in [4.78, 5) is 0. The normalized spacial score (nSPS) is 20.4. The number of ether oxygens (including phenoxy) is 2. The zero-order valence-electron chi connectivity index (χ0n) is 9.26. The molecule has 0 spiro atoms. The van der Waals surface area contributed by atoms with Crippen LogP contribution in [0, 0.1) is 0 Å². The maximum Gasteiger partial charge on any atom is 0.124 e.